The van der Waals surface area contributed by atoms with Crippen LogP contribution >= 0.6 is 0 Å². The van der Waals surface area contributed by atoms with E-state index in [2.05, 4.69) is 0 Å². The summed E-state index contributed by atoms with van der Waals surface area (Å²) in [4.78, 5) is 23.4. The number of carbonyl (C=O) groups excluding carboxylic acids is 2. The Bertz CT molecular complexity index is 760. The molecule has 0 bridgehead atoms. The Labute approximate surface area is 146 Å². The number of rotatable bonds is 6. The van der Waals surface area contributed by atoms with Gasteiger partial charge in [0.1, 0.15) is 22.8 Å². The van der Waals surface area contributed by atoms with Gasteiger partial charge in [-0.05, 0) is 43.7 Å². The SMILES string of the molecule is CCOC(=O)/C(=C(/C)OC(C)=O)c1ccc(Oc2ccccc2)cc1. The van der Waals surface area contributed by atoms with Gasteiger partial charge in [-0.3, -0.25) is 4.79 Å². The van der Waals surface area contributed by atoms with E-state index in [1.165, 1.54) is 6.92 Å². The second-order valence-corrected chi connectivity index (χ2v) is 5.18. The average Bonchev–Trinajstić information content (AvgIpc) is 2.57. The largest absolute Gasteiger partial charge is 0.462 e. The first-order chi connectivity index (χ1) is 12.0. The number of carbonyl (C=O) groups is 2. The predicted molar refractivity (Wildman–Crippen MR) is 94.0 cm³/mol. The standard InChI is InChI=1S/C20H20O5/c1-4-23-20(22)19(14(2)24-15(3)21)16-10-12-18(13-11-16)25-17-8-6-5-7-9-17/h5-13H,4H2,1-3H3/b19-14-. The molecule has 25 heavy (non-hydrogen) atoms. The van der Waals surface area contributed by atoms with Crippen LogP contribution in [0.3, 0.4) is 0 Å². The van der Waals surface area contributed by atoms with Gasteiger partial charge in [-0.25, -0.2) is 4.79 Å². The first-order valence-corrected chi connectivity index (χ1v) is 7.91. The molecule has 2 aromatic rings. The molecule has 0 heterocycles. The lowest BCUT2D eigenvalue weighted by molar-refractivity contribution is -0.137. The zero-order valence-electron chi connectivity index (χ0n) is 14.4. The molecule has 5 heteroatoms. The van der Waals surface area contributed by atoms with Crippen LogP contribution in [0.25, 0.3) is 5.57 Å². The van der Waals surface area contributed by atoms with E-state index in [-0.39, 0.29) is 17.9 Å². The van der Waals surface area contributed by atoms with E-state index < -0.39 is 11.9 Å². The van der Waals surface area contributed by atoms with Crippen molar-refractivity contribution < 1.29 is 23.8 Å². The molecule has 130 valence electrons. The highest BCUT2D eigenvalue weighted by Crippen LogP contribution is 2.26. The molecule has 2 aromatic carbocycles. The predicted octanol–water partition coefficient (Wildman–Crippen LogP) is 4.34. The van der Waals surface area contributed by atoms with Crippen molar-refractivity contribution >= 4 is 17.5 Å². The van der Waals surface area contributed by atoms with Gasteiger partial charge in [-0.2, -0.15) is 0 Å². The molecular weight excluding hydrogens is 320 g/mol. The van der Waals surface area contributed by atoms with Crippen LogP contribution in [0.5, 0.6) is 11.5 Å². The minimum Gasteiger partial charge on any atom is -0.462 e. The van der Waals surface area contributed by atoms with Crippen LogP contribution in [0.4, 0.5) is 0 Å². The van der Waals surface area contributed by atoms with Crippen molar-refractivity contribution in [2.45, 2.75) is 20.8 Å². The van der Waals surface area contributed by atoms with E-state index in [0.29, 0.717) is 17.1 Å². The third-order valence-corrected chi connectivity index (χ3v) is 3.25. The van der Waals surface area contributed by atoms with Crippen molar-refractivity contribution in [1.29, 1.82) is 0 Å². The van der Waals surface area contributed by atoms with Crippen LogP contribution in [0.15, 0.2) is 60.4 Å². The van der Waals surface area contributed by atoms with Crippen LogP contribution in [-0.4, -0.2) is 18.5 Å². The molecule has 0 N–H and O–H groups in total. The molecule has 2 rings (SSSR count). The quantitative estimate of drug-likeness (QED) is 0.445. The van der Waals surface area contributed by atoms with Crippen LogP contribution in [0.2, 0.25) is 0 Å². The molecule has 0 aliphatic heterocycles. The van der Waals surface area contributed by atoms with Crippen molar-refractivity contribution in [3.05, 3.63) is 65.9 Å². The van der Waals surface area contributed by atoms with Gasteiger partial charge in [0.05, 0.1) is 6.61 Å². The third-order valence-electron chi connectivity index (χ3n) is 3.25. The van der Waals surface area contributed by atoms with Gasteiger partial charge in [-0.15, -0.1) is 0 Å². The van der Waals surface area contributed by atoms with Gasteiger partial charge in [-0.1, -0.05) is 30.3 Å². The number of benzene rings is 2. The van der Waals surface area contributed by atoms with Crippen LogP contribution in [-0.2, 0) is 19.1 Å². The molecule has 0 atom stereocenters. The maximum atomic E-state index is 12.2. The molecule has 0 unspecified atom stereocenters. The number of para-hydroxylation sites is 1. The Morgan fingerprint density at radius 3 is 2.04 bits per heavy atom. The van der Waals surface area contributed by atoms with Crippen molar-refractivity contribution in [2.75, 3.05) is 6.61 Å². The van der Waals surface area contributed by atoms with Crippen molar-refractivity contribution in [3.63, 3.8) is 0 Å². The van der Waals surface area contributed by atoms with Gasteiger partial charge in [0.15, 0.2) is 0 Å². The summed E-state index contributed by atoms with van der Waals surface area (Å²) >= 11 is 0. The molecule has 0 aliphatic carbocycles. The Morgan fingerprint density at radius 1 is 0.880 bits per heavy atom. The summed E-state index contributed by atoms with van der Waals surface area (Å²) in [5.74, 6) is 0.500. The molecule has 0 aliphatic rings. The Morgan fingerprint density at radius 2 is 1.48 bits per heavy atom. The summed E-state index contributed by atoms with van der Waals surface area (Å²) < 4.78 is 15.9. The Kier molecular flexibility index (Phi) is 6.34. The molecule has 0 fully saturated rings. The lowest BCUT2D eigenvalue weighted by Gasteiger charge is -2.12. The van der Waals surface area contributed by atoms with E-state index in [1.54, 1.807) is 38.1 Å². The number of hydrogen-bond donors (Lipinski definition) is 0. The lowest BCUT2D eigenvalue weighted by atomic mass is 10.0. The monoisotopic (exact) mass is 340 g/mol. The van der Waals surface area contributed by atoms with Gasteiger partial charge < -0.3 is 14.2 Å². The van der Waals surface area contributed by atoms with E-state index in [0.717, 1.165) is 0 Å². The number of allylic oxidation sites excluding steroid dienone is 1. The highest BCUT2D eigenvalue weighted by atomic mass is 16.5. The molecular formula is C20H20O5. The zero-order chi connectivity index (χ0) is 18.2. The molecule has 0 radical (unpaired) electrons. The highest BCUT2D eigenvalue weighted by Gasteiger charge is 2.19. The third kappa shape index (κ3) is 5.21. The second-order valence-electron chi connectivity index (χ2n) is 5.18. The second kappa shape index (κ2) is 8.68. The molecule has 0 amide bonds. The number of esters is 2. The summed E-state index contributed by atoms with van der Waals surface area (Å²) in [5, 5.41) is 0. The Balaban J connectivity index is 2.28. The van der Waals surface area contributed by atoms with Crippen LogP contribution in [0, 0.1) is 0 Å². The zero-order valence-corrected chi connectivity index (χ0v) is 14.4. The smallest absolute Gasteiger partial charge is 0.342 e. The summed E-state index contributed by atoms with van der Waals surface area (Å²) in [5.41, 5.74) is 0.793. The normalized spacial score (nSPS) is 11.3. The van der Waals surface area contributed by atoms with Crippen molar-refractivity contribution in [2.24, 2.45) is 0 Å². The van der Waals surface area contributed by atoms with Crippen molar-refractivity contribution in [3.8, 4) is 11.5 Å². The fraction of sp³-hybridized carbons (Fsp3) is 0.200. The number of ether oxygens (including phenoxy) is 3. The van der Waals surface area contributed by atoms with Gasteiger partial charge in [0.2, 0.25) is 0 Å². The minimum absolute atomic E-state index is 0.197. The summed E-state index contributed by atoms with van der Waals surface area (Å²) in [7, 11) is 0. The van der Waals surface area contributed by atoms with Crippen LogP contribution < -0.4 is 4.74 Å². The fourth-order valence-corrected chi connectivity index (χ4v) is 2.25. The summed E-state index contributed by atoms with van der Waals surface area (Å²) in [6.07, 6.45) is 0. The van der Waals surface area contributed by atoms with E-state index in [9.17, 15) is 9.59 Å². The van der Waals surface area contributed by atoms with E-state index >= 15 is 0 Å². The summed E-state index contributed by atoms with van der Waals surface area (Å²) in [6, 6.07) is 16.3. The first-order valence-electron chi connectivity index (χ1n) is 7.91. The molecule has 0 saturated heterocycles. The van der Waals surface area contributed by atoms with Gasteiger partial charge >= 0.3 is 11.9 Å². The summed E-state index contributed by atoms with van der Waals surface area (Å²) in [6.45, 7) is 4.78. The maximum Gasteiger partial charge on any atom is 0.342 e. The van der Waals surface area contributed by atoms with Crippen LogP contribution in [0.1, 0.15) is 26.3 Å². The molecule has 0 aromatic heterocycles. The minimum atomic E-state index is -0.544. The molecule has 0 spiro atoms. The average molecular weight is 340 g/mol. The fourth-order valence-electron chi connectivity index (χ4n) is 2.25. The van der Waals surface area contributed by atoms with Gasteiger partial charge in [0.25, 0.3) is 0 Å². The van der Waals surface area contributed by atoms with Gasteiger partial charge in [0, 0.05) is 6.92 Å². The molecule has 0 saturated carbocycles. The topological polar surface area (TPSA) is 61.8 Å². The first kappa shape index (κ1) is 18.3. The Hall–Kier alpha value is -3.08. The van der Waals surface area contributed by atoms with E-state index in [4.69, 9.17) is 14.2 Å². The van der Waals surface area contributed by atoms with E-state index in [1.807, 2.05) is 30.3 Å². The van der Waals surface area contributed by atoms with Crippen molar-refractivity contribution in [1.82, 2.24) is 0 Å². The maximum absolute atomic E-state index is 12.2. The lowest BCUT2D eigenvalue weighted by Crippen LogP contribution is -2.11. The molecule has 5 nitrogen and oxygen atoms in total. The highest BCUT2D eigenvalue weighted by molar-refractivity contribution is 6.17. The number of hydrogen-bond acceptors (Lipinski definition) is 5.